The molecule has 0 aromatic heterocycles. The number of rotatable bonds is 4. The van der Waals surface area contributed by atoms with Gasteiger partial charge in [-0.1, -0.05) is 48.5 Å². The molecule has 0 fully saturated rings. The third-order valence-corrected chi connectivity index (χ3v) is 3.51. The summed E-state index contributed by atoms with van der Waals surface area (Å²) in [6.45, 7) is 6.19. The van der Waals surface area contributed by atoms with E-state index >= 15 is 0 Å². The van der Waals surface area contributed by atoms with Crippen molar-refractivity contribution < 1.29 is 4.79 Å². The minimum Gasteiger partial charge on any atom is -0.329 e. The van der Waals surface area contributed by atoms with E-state index in [2.05, 4.69) is 32.9 Å². The van der Waals surface area contributed by atoms with Crippen molar-refractivity contribution >= 4 is 5.91 Å². The molecule has 0 spiro atoms. The summed E-state index contributed by atoms with van der Waals surface area (Å²) in [6.07, 6.45) is 0. The molecule has 0 aliphatic carbocycles. The summed E-state index contributed by atoms with van der Waals surface area (Å²) in [5.74, 6) is 0.0805. The fraction of sp³-hybridized carbons (Fsp3) is 0.278. The van der Waals surface area contributed by atoms with Crippen LogP contribution in [-0.2, 0) is 0 Å². The van der Waals surface area contributed by atoms with Gasteiger partial charge < -0.3 is 4.90 Å². The second kappa shape index (κ2) is 6.38. The molecule has 1 amide bonds. The third-order valence-electron chi connectivity index (χ3n) is 3.51. The molecule has 0 bridgehead atoms. The Morgan fingerprint density at radius 3 is 1.85 bits per heavy atom. The molecule has 0 saturated heterocycles. The van der Waals surface area contributed by atoms with Crippen molar-refractivity contribution in [1.82, 2.24) is 4.90 Å². The van der Waals surface area contributed by atoms with E-state index in [0.29, 0.717) is 0 Å². The van der Waals surface area contributed by atoms with Crippen LogP contribution in [0.2, 0.25) is 0 Å². The largest absolute Gasteiger partial charge is 0.329 e. The molecule has 2 aromatic carbocycles. The fourth-order valence-electron chi connectivity index (χ4n) is 2.48. The summed E-state index contributed by atoms with van der Waals surface area (Å²) >= 11 is 0. The highest BCUT2D eigenvalue weighted by Crippen LogP contribution is 2.24. The molecule has 0 unspecified atom stereocenters. The van der Waals surface area contributed by atoms with Crippen molar-refractivity contribution in [3.8, 4) is 0 Å². The highest BCUT2D eigenvalue weighted by atomic mass is 16.2. The molecule has 0 aliphatic heterocycles. The van der Waals surface area contributed by atoms with Crippen LogP contribution in [0.4, 0.5) is 0 Å². The van der Waals surface area contributed by atoms with Gasteiger partial charge >= 0.3 is 0 Å². The van der Waals surface area contributed by atoms with Crippen LogP contribution in [0.25, 0.3) is 0 Å². The summed E-state index contributed by atoms with van der Waals surface area (Å²) in [5.41, 5.74) is 1.90. The zero-order valence-electron chi connectivity index (χ0n) is 12.3. The van der Waals surface area contributed by atoms with E-state index < -0.39 is 0 Å². The molecule has 0 saturated carbocycles. The highest BCUT2D eigenvalue weighted by molar-refractivity contribution is 5.94. The van der Waals surface area contributed by atoms with E-state index in [0.717, 1.165) is 11.1 Å². The Bertz CT molecular complexity index is 548. The van der Waals surface area contributed by atoms with E-state index in [4.69, 9.17) is 0 Å². The van der Waals surface area contributed by atoms with Crippen LogP contribution in [0.15, 0.2) is 60.7 Å². The Hall–Kier alpha value is -2.09. The molecule has 104 valence electrons. The smallest absolute Gasteiger partial charge is 0.254 e. The van der Waals surface area contributed by atoms with E-state index in [9.17, 15) is 4.79 Å². The Morgan fingerprint density at radius 2 is 1.35 bits per heavy atom. The number of hydrogen-bond acceptors (Lipinski definition) is 1. The topological polar surface area (TPSA) is 20.3 Å². The number of hydrogen-bond donors (Lipinski definition) is 0. The maximum absolute atomic E-state index is 12.7. The Morgan fingerprint density at radius 1 is 0.850 bits per heavy atom. The van der Waals surface area contributed by atoms with Gasteiger partial charge in [-0.05, 0) is 38.5 Å². The molecule has 2 nitrogen and oxygen atoms in total. The number of carbonyl (C=O) groups excluding carboxylic acids is 1. The maximum atomic E-state index is 12.7. The zero-order valence-corrected chi connectivity index (χ0v) is 12.3. The summed E-state index contributed by atoms with van der Waals surface area (Å²) in [5, 5.41) is 0. The maximum Gasteiger partial charge on any atom is 0.254 e. The normalized spacial score (nSPS) is 12.2. The second-order valence-corrected chi connectivity index (χ2v) is 5.26. The SMILES string of the molecule is CC(C)N(C(=O)c1ccccc1)[C@H](C)c1ccccc1. The molecule has 0 heterocycles. The van der Waals surface area contributed by atoms with Gasteiger partial charge in [0.25, 0.3) is 5.91 Å². The van der Waals surface area contributed by atoms with Crippen LogP contribution in [0.1, 0.15) is 42.7 Å². The van der Waals surface area contributed by atoms with Gasteiger partial charge in [-0.3, -0.25) is 4.79 Å². The average molecular weight is 267 g/mol. The van der Waals surface area contributed by atoms with Crippen molar-refractivity contribution in [1.29, 1.82) is 0 Å². The minimum atomic E-state index is 0.0592. The quantitative estimate of drug-likeness (QED) is 0.809. The van der Waals surface area contributed by atoms with Crippen molar-refractivity contribution in [2.45, 2.75) is 32.9 Å². The first-order chi connectivity index (χ1) is 9.61. The summed E-state index contributed by atoms with van der Waals surface area (Å²) in [4.78, 5) is 14.7. The van der Waals surface area contributed by atoms with Crippen molar-refractivity contribution in [2.24, 2.45) is 0 Å². The van der Waals surface area contributed by atoms with Crippen LogP contribution in [-0.4, -0.2) is 16.8 Å². The lowest BCUT2D eigenvalue weighted by molar-refractivity contribution is 0.0624. The molecule has 0 N–H and O–H groups in total. The highest BCUT2D eigenvalue weighted by Gasteiger charge is 2.24. The molecule has 2 aromatic rings. The van der Waals surface area contributed by atoms with Gasteiger partial charge in [-0.2, -0.15) is 0 Å². The molecule has 2 heteroatoms. The van der Waals surface area contributed by atoms with E-state index in [1.54, 1.807) is 0 Å². The van der Waals surface area contributed by atoms with Crippen LogP contribution < -0.4 is 0 Å². The van der Waals surface area contributed by atoms with Crippen LogP contribution in [0, 0.1) is 0 Å². The van der Waals surface area contributed by atoms with Gasteiger partial charge in [0.2, 0.25) is 0 Å². The number of benzene rings is 2. The van der Waals surface area contributed by atoms with Crippen molar-refractivity contribution in [3.05, 3.63) is 71.8 Å². The van der Waals surface area contributed by atoms with Crippen LogP contribution in [0.3, 0.4) is 0 Å². The zero-order chi connectivity index (χ0) is 14.5. The fourth-order valence-corrected chi connectivity index (χ4v) is 2.48. The van der Waals surface area contributed by atoms with Gasteiger partial charge in [-0.25, -0.2) is 0 Å². The van der Waals surface area contributed by atoms with Gasteiger partial charge in [-0.15, -0.1) is 0 Å². The van der Waals surface area contributed by atoms with Crippen molar-refractivity contribution in [3.63, 3.8) is 0 Å². The predicted molar refractivity (Wildman–Crippen MR) is 82.6 cm³/mol. The molecule has 0 aliphatic rings. The van der Waals surface area contributed by atoms with Gasteiger partial charge in [0.15, 0.2) is 0 Å². The van der Waals surface area contributed by atoms with E-state index in [1.807, 2.05) is 53.4 Å². The average Bonchev–Trinajstić information content (AvgIpc) is 2.48. The standard InChI is InChI=1S/C18H21NO/c1-14(2)19(15(3)16-10-6-4-7-11-16)18(20)17-12-8-5-9-13-17/h4-15H,1-3H3/t15-/m1/s1. The first-order valence-electron chi connectivity index (χ1n) is 7.04. The van der Waals surface area contributed by atoms with E-state index in [-0.39, 0.29) is 18.0 Å². The summed E-state index contributed by atoms with van der Waals surface area (Å²) < 4.78 is 0. The molecule has 20 heavy (non-hydrogen) atoms. The second-order valence-electron chi connectivity index (χ2n) is 5.26. The minimum absolute atomic E-state index is 0.0592. The lowest BCUT2D eigenvalue weighted by Crippen LogP contribution is -2.39. The van der Waals surface area contributed by atoms with Gasteiger partial charge in [0.05, 0.1) is 6.04 Å². The van der Waals surface area contributed by atoms with Gasteiger partial charge in [0, 0.05) is 11.6 Å². The molecule has 2 rings (SSSR count). The van der Waals surface area contributed by atoms with Crippen molar-refractivity contribution in [2.75, 3.05) is 0 Å². The Kier molecular flexibility index (Phi) is 4.57. The number of amides is 1. The molecular formula is C18H21NO. The van der Waals surface area contributed by atoms with Gasteiger partial charge in [0.1, 0.15) is 0 Å². The lowest BCUT2D eigenvalue weighted by atomic mass is 10.0. The molecular weight excluding hydrogens is 246 g/mol. The molecule has 1 atom stereocenters. The Labute approximate surface area is 121 Å². The first-order valence-corrected chi connectivity index (χ1v) is 7.04. The summed E-state index contributed by atoms with van der Waals surface area (Å²) in [6, 6.07) is 19.8. The first kappa shape index (κ1) is 14.3. The predicted octanol–water partition coefficient (Wildman–Crippen LogP) is 4.30. The van der Waals surface area contributed by atoms with E-state index in [1.165, 1.54) is 0 Å². The summed E-state index contributed by atoms with van der Waals surface area (Å²) in [7, 11) is 0. The third kappa shape index (κ3) is 3.08. The number of nitrogens with zero attached hydrogens (tertiary/aromatic N) is 1. The molecule has 0 radical (unpaired) electrons. The monoisotopic (exact) mass is 267 g/mol. The van der Waals surface area contributed by atoms with Crippen LogP contribution in [0.5, 0.6) is 0 Å². The van der Waals surface area contributed by atoms with Crippen LogP contribution >= 0.6 is 0 Å². The Balaban J connectivity index is 2.30. The lowest BCUT2D eigenvalue weighted by Gasteiger charge is -2.33. The number of carbonyl (C=O) groups is 1.